The van der Waals surface area contributed by atoms with Gasteiger partial charge >= 0.3 is 0 Å². The molecule has 134 valence electrons. The smallest absolute Gasteiger partial charge is 0.287 e. The second-order valence-electron chi connectivity index (χ2n) is 6.13. The van der Waals surface area contributed by atoms with E-state index in [1.807, 2.05) is 30.3 Å². The highest BCUT2D eigenvalue weighted by Crippen LogP contribution is 2.33. The van der Waals surface area contributed by atoms with Gasteiger partial charge in [0.1, 0.15) is 5.58 Å². The van der Waals surface area contributed by atoms with Crippen LogP contribution in [0.4, 0.5) is 0 Å². The molecule has 0 fully saturated rings. The maximum atomic E-state index is 12.8. The van der Waals surface area contributed by atoms with Crippen molar-refractivity contribution in [1.82, 2.24) is 10.6 Å². The van der Waals surface area contributed by atoms with Gasteiger partial charge in [0.15, 0.2) is 5.76 Å². The molecule has 26 heavy (non-hydrogen) atoms. The number of rotatable bonds is 6. The summed E-state index contributed by atoms with van der Waals surface area (Å²) in [6, 6.07) is 12.0. The number of thioether (sulfide) groups is 1. The molecule has 4 rings (SSSR count). The molecule has 2 N–H and O–H groups in total. The monoisotopic (exact) mass is 384 g/mol. The van der Waals surface area contributed by atoms with Gasteiger partial charge in [0.2, 0.25) is 0 Å². The van der Waals surface area contributed by atoms with Gasteiger partial charge in [-0.25, -0.2) is 0 Å². The summed E-state index contributed by atoms with van der Waals surface area (Å²) in [5.41, 5.74) is 3.00. The van der Waals surface area contributed by atoms with Crippen molar-refractivity contribution in [2.24, 2.45) is 0 Å². The average Bonchev–Trinajstić information content (AvgIpc) is 3.33. The van der Waals surface area contributed by atoms with Gasteiger partial charge in [-0.05, 0) is 30.5 Å². The van der Waals surface area contributed by atoms with Crippen molar-refractivity contribution >= 4 is 40.0 Å². The van der Waals surface area contributed by atoms with E-state index in [9.17, 15) is 4.79 Å². The lowest BCUT2D eigenvalue weighted by Crippen LogP contribution is -2.29. The van der Waals surface area contributed by atoms with Gasteiger partial charge in [-0.2, -0.15) is 0 Å². The number of thiophene rings is 1. The minimum atomic E-state index is -0.137. The highest BCUT2D eigenvalue weighted by Gasteiger charge is 2.21. The summed E-state index contributed by atoms with van der Waals surface area (Å²) >= 11 is 3.45. The van der Waals surface area contributed by atoms with Crippen LogP contribution in [0.25, 0.3) is 11.0 Å². The molecule has 1 aliphatic heterocycles. The lowest BCUT2D eigenvalue weighted by atomic mass is 10.1. The van der Waals surface area contributed by atoms with Crippen molar-refractivity contribution in [2.75, 3.05) is 19.6 Å². The Morgan fingerprint density at radius 3 is 3.00 bits per heavy atom. The van der Waals surface area contributed by atoms with Crippen molar-refractivity contribution in [2.45, 2.75) is 16.4 Å². The van der Waals surface area contributed by atoms with Crippen LogP contribution in [0.1, 0.15) is 22.5 Å². The van der Waals surface area contributed by atoms with Gasteiger partial charge in [0, 0.05) is 29.8 Å². The van der Waals surface area contributed by atoms with Crippen LogP contribution < -0.4 is 10.6 Å². The van der Waals surface area contributed by atoms with Gasteiger partial charge < -0.3 is 15.1 Å². The number of hydrogen-bond donors (Lipinski definition) is 2. The van der Waals surface area contributed by atoms with Crippen LogP contribution in [0, 0.1) is 0 Å². The molecule has 0 saturated heterocycles. The summed E-state index contributed by atoms with van der Waals surface area (Å²) in [4.78, 5) is 12.8. The van der Waals surface area contributed by atoms with E-state index < -0.39 is 0 Å². The maximum absolute atomic E-state index is 12.8. The van der Waals surface area contributed by atoms with Crippen LogP contribution in [-0.2, 0) is 5.75 Å². The molecule has 0 aliphatic carbocycles. The molecule has 3 heterocycles. The molecule has 0 bridgehead atoms. The first-order valence-corrected chi connectivity index (χ1v) is 10.5. The van der Waals surface area contributed by atoms with Crippen LogP contribution in [0.3, 0.4) is 0 Å². The highest BCUT2D eigenvalue weighted by atomic mass is 32.2. The minimum absolute atomic E-state index is 0.137. The summed E-state index contributed by atoms with van der Waals surface area (Å²) in [7, 11) is 0. The molecule has 0 spiro atoms. The predicted octanol–water partition coefficient (Wildman–Crippen LogP) is 4.44. The molecule has 0 atom stereocenters. The number of nitrogens with one attached hydrogen (secondary N) is 2. The second kappa shape index (κ2) is 8.12. The number of hydrogen-bond acceptors (Lipinski definition) is 5. The third-order valence-corrected chi connectivity index (χ3v) is 6.55. The van der Waals surface area contributed by atoms with E-state index in [0.29, 0.717) is 18.1 Å². The molecule has 0 unspecified atom stereocenters. The summed E-state index contributed by atoms with van der Waals surface area (Å²) < 4.78 is 7.15. The van der Waals surface area contributed by atoms with Crippen molar-refractivity contribution < 1.29 is 9.21 Å². The highest BCUT2D eigenvalue weighted by molar-refractivity contribution is 8.00. The van der Waals surface area contributed by atoms with Crippen molar-refractivity contribution in [3.8, 4) is 0 Å². The SMILES string of the molecule is O=C(NCC1=CCNCC1)c1oc2ccccc2c1CSc1cccs1. The van der Waals surface area contributed by atoms with E-state index in [1.54, 1.807) is 23.1 Å². The Kier molecular flexibility index (Phi) is 5.43. The number of para-hydroxylation sites is 1. The predicted molar refractivity (Wildman–Crippen MR) is 108 cm³/mol. The third kappa shape index (κ3) is 3.87. The Hall–Kier alpha value is -2.02. The lowest BCUT2D eigenvalue weighted by molar-refractivity contribution is 0.0930. The Morgan fingerprint density at radius 1 is 1.27 bits per heavy atom. The molecule has 1 aliphatic rings. The standard InChI is InChI=1S/C20H20N2O2S2/c23-20(22-12-14-7-9-21-10-8-14)19-16(13-26-18-6-3-11-25-18)15-4-1-2-5-17(15)24-19/h1-7,11,21H,8-10,12-13H2,(H,22,23). The van der Waals surface area contributed by atoms with E-state index in [-0.39, 0.29) is 5.91 Å². The van der Waals surface area contributed by atoms with Gasteiger partial charge in [0.05, 0.1) is 4.21 Å². The number of furan rings is 1. The fraction of sp³-hybridized carbons (Fsp3) is 0.250. The number of carbonyl (C=O) groups excluding carboxylic acids is 1. The fourth-order valence-electron chi connectivity index (χ4n) is 3.02. The van der Waals surface area contributed by atoms with Crippen LogP contribution in [0.5, 0.6) is 0 Å². The van der Waals surface area contributed by atoms with Crippen molar-refractivity contribution in [3.63, 3.8) is 0 Å². The van der Waals surface area contributed by atoms with Gasteiger partial charge in [-0.15, -0.1) is 23.1 Å². The first-order chi connectivity index (χ1) is 12.8. The number of benzene rings is 1. The van der Waals surface area contributed by atoms with E-state index in [1.165, 1.54) is 9.78 Å². The largest absolute Gasteiger partial charge is 0.451 e. The van der Waals surface area contributed by atoms with Crippen molar-refractivity contribution in [3.05, 3.63) is 64.8 Å². The topological polar surface area (TPSA) is 54.3 Å². The molecule has 1 aromatic carbocycles. The zero-order valence-electron chi connectivity index (χ0n) is 14.3. The molecule has 3 aromatic rings. The van der Waals surface area contributed by atoms with Crippen LogP contribution >= 0.6 is 23.1 Å². The van der Waals surface area contributed by atoms with Crippen LogP contribution in [-0.4, -0.2) is 25.5 Å². The Balaban J connectivity index is 1.55. The fourth-order valence-corrected chi connectivity index (χ4v) is 4.83. The van der Waals surface area contributed by atoms with E-state index >= 15 is 0 Å². The number of carbonyl (C=O) groups is 1. The van der Waals surface area contributed by atoms with Crippen LogP contribution in [0.2, 0.25) is 0 Å². The zero-order chi connectivity index (χ0) is 17.8. The molecular formula is C20H20N2O2S2. The molecule has 2 aromatic heterocycles. The first kappa shape index (κ1) is 17.4. The Morgan fingerprint density at radius 2 is 2.19 bits per heavy atom. The summed E-state index contributed by atoms with van der Waals surface area (Å²) in [6.45, 7) is 2.42. The van der Waals surface area contributed by atoms with Crippen molar-refractivity contribution in [1.29, 1.82) is 0 Å². The lowest BCUT2D eigenvalue weighted by Gasteiger charge is -2.14. The molecule has 1 amide bonds. The summed E-state index contributed by atoms with van der Waals surface area (Å²) in [6.07, 6.45) is 3.12. The quantitative estimate of drug-likeness (QED) is 0.487. The Bertz CT molecular complexity index is 929. The minimum Gasteiger partial charge on any atom is -0.451 e. The van der Waals surface area contributed by atoms with Gasteiger partial charge in [0.25, 0.3) is 5.91 Å². The number of fused-ring (bicyclic) bond motifs is 1. The molecule has 0 radical (unpaired) electrons. The number of amides is 1. The maximum Gasteiger partial charge on any atom is 0.287 e. The zero-order valence-corrected chi connectivity index (χ0v) is 15.9. The van der Waals surface area contributed by atoms with E-state index in [0.717, 1.165) is 36.0 Å². The third-order valence-electron chi connectivity index (χ3n) is 4.39. The molecular weight excluding hydrogens is 364 g/mol. The second-order valence-corrected chi connectivity index (χ2v) is 8.35. The van der Waals surface area contributed by atoms with Gasteiger partial charge in [-0.1, -0.05) is 35.9 Å². The van der Waals surface area contributed by atoms with Crippen LogP contribution in [0.15, 0.2) is 62.1 Å². The molecule has 4 nitrogen and oxygen atoms in total. The Labute approximate surface area is 160 Å². The molecule has 0 saturated carbocycles. The summed E-state index contributed by atoms with van der Waals surface area (Å²) in [5, 5.41) is 9.39. The summed E-state index contributed by atoms with van der Waals surface area (Å²) in [5.74, 6) is 1.01. The first-order valence-electron chi connectivity index (χ1n) is 8.65. The van der Waals surface area contributed by atoms with Gasteiger partial charge in [-0.3, -0.25) is 4.79 Å². The average molecular weight is 385 g/mol. The normalized spacial score (nSPS) is 14.4. The molecule has 6 heteroatoms. The van der Waals surface area contributed by atoms with E-state index in [2.05, 4.69) is 28.2 Å². The van der Waals surface area contributed by atoms with E-state index in [4.69, 9.17) is 4.42 Å².